The van der Waals surface area contributed by atoms with Crippen LogP contribution in [0.1, 0.15) is 6.92 Å². The van der Waals surface area contributed by atoms with Crippen LogP contribution in [0, 0.1) is 0 Å². The molecule has 0 saturated heterocycles. The van der Waals surface area contributed by atoms with Crippen molar-refractivity contribution in [2.45, 2.75) is 6.92 Å². The molecule has 0 spiro atoms. The number of carbonyl (C=O) groups excluding carboxylic acids is 1. The molecule has 0 radical (unpaired) electrons. The summed E-state index contributed by atoms with van der Waals surface area (Å²) in [5.41, 5.74) is 1.05. The molecule has 0 unspecified atom stereocenters. The predicted octanol–water partition coefficient (Wildman–Crippen LogP) is 1.53. The lowest BCUT2D eigenvalue weighted by Crippen LogP contribution is -1.74. The minimum absolute atomic E-state index is 0.783. The van der Waals surface area contributed by atoms with Crippen LogP contribution in [-0.2, 0) is 4.79 Å². The summed E-state index contributed by atoms with van der Waals surface area (Å²) in [4.78, 5) is 9.68. The summed E-state index contributed by atoms with van der Waals surface area (Å²) in [7, 11) is 0. The van der Waals surface area contributed by atoms with Gasteiger partial charge in [0.1, 0.15) is 6.29 Å². The van der Waals surface area contributed by atoms with Gasteiger partial charge in [-0.3, -0.25) is 4.79 Å². The van der Waals surface area contributed by atoms with Crippen molar-refractivity contribution in [3.63, 3.8) is 0 Å². The van der Waals surface area contributed by atoms with Crippen molar-refractivity contribution in [3.8, 4) is 0 Å². The van der Waals surface area contributed by atoms with Crippen LogP contribution < -0.4 is 0 Å². The Morgan fingerprint density at radius 3 is 2.57 bits per heavy atom. The third kappa shape index (κ3) is 3.73. The molecule has 0 N–H and O–H groups in total. The number of hydrogen-bond donors (Lipinski definition) is 0. The van der Waals surface area contributed by atoms with Crippen molar-refractivity contribution < 1.29 is 4.79 Å². The van der Waals surface area contributed by atoms with Crippen LogP contribution in [0.4, 0.5) is 0 Å². The predicted molar refractivity (Wildman–Crippen MR) is 33.6 cm³/mol. The fraction of sp³-hybridized carbons (Fsp3) is 0.400. The zero-order chi connectivity index (χ0) is 5.70. The number of aldehydes is 1. The normalized spacial score (nSPS) is 11.4. The average molecular weight is 163 g/mol. The van der Waals surface area contributed by atoms with E-state index in [1.165, 1.54) is 6.08 Å². The Morgan fingerprint density at radius 2 is 2.43 bits per heavy atom. The van der Waals surface area contributed by atoms with Crippen molar-refractivity contribution >= 4 is 22.2 Å². The van der Waals surface area contributed by atoms with Gasteiger partial charge in [-0.05, 0) is 13.0 Å². The highest BCUT2D eigenvalue weighted by molar-refractivity contribution is 9.09. The minimum atomic E-state index is 0.783. The molecule has 0 aromatic rings. The van der Waals surface area contributed by atoms with E-state index >= 15 is 0 Å². The van der Waals surface area contributed by atoms with Crippen LogP contribution >= 0.6 is 15.9 Å². The Kier molecular flexibility index (Phi) is 4.00. The van der Waals surface area contributed by atoms with Gasteiger partial charge < -0.3 is 0 Å². The first-order valence-electron chi connectivity index (χ1n) is 1.98. The van der Waals surface area contributed by atoms with Gasteiger partial charge >= 0.3 is 0 Å². The summed E-state index contributed by atoms with van der Waals surface area (Å²) in [6.07, 6.45) is 2.32. The second-order valence-corrected chi connectivity index (χ2v) is 1.84. The van der Waals surface area contributed by atoms with Gasteiger partial charge in [0, 0.05) is 5.33 Å². The molecule has 0 aliphatic heterocycles. The summed E-state index contributed by atoms with van der Waals surface area (Å²) in [5, 5.41) is 0.783. The summed E-state index contributed by atoms with van der Waals surface area (Å²) in [6, 6.07) is 0. The SMILES string of the molecule is C/C(=C/C=O)CBr. The molecule has 0 rings (SSSR count). The van der Waals surface area contributed by atoms with Gasteiger partial charge in [-0.25, -0.2) is 0 Å². The number of allylic oxidation sites excluding steroid dienone is 2. The maximum atomic E-state index is 9.68. The van der Waals surface area contributed by atoms with E-state index in [0.29, 0.717) is 0 Å². The molecule has 0 aromatic heterocycles. The molecule has 2 heteroatoms. The zero-order valence-corrected chi connectivity index (χ0v) is 5.73. The first kappa shape index (κ1) is 6.89. The van der Waals surface area contributed by atoms with Crippen LogP contribution in [0.2, 0.25) is 0 Å². The highest BCUT2D eigenvalue weighted by Gasteiger charge is 1.78. The lowest BCUT2D eigenvalue weighted by Gasteiger charge is -1.82. The van der Waals surface area contributed by atoms with E-state index in [1.54, 1.807) is 0 Å². The molecule has 0 aromatic carbocycles. The van der Waals surface area contributed by atoms with E-state index in [2.05, 4.69) is 15.9 Å². The maximum Gasteiger partial charge on any atom is 0.142 e. The number of hydrogen-bond acceptors (Lipinski definition) is 1. The minimum Gasteiger partial charge on any atom is -0.299 e. The van der Waals surface area contributed by atoms with Crippen molar-refractivity contribution in [1.82, 2.24) is 0 Å². The Bertz CT molecular complexity index is 86.1. The molecule has 1 nitrogen and oxygen atoms in total. The molecule has 7 heavy (non-hydrogen) atoms. The summed E-state index contributed by atoms with van der Waals surface area (Å²) in [6.45, 7) is 1.89. The number of rotatable bonds is 2. The van der Waals surface area contributed by atoms with Gasteiger partial charge in [-0.15, -0.1) is 0 Å². The molecule has 0 heterocycles. The smallest absolute Gasteiger partial charge is 0.142 e. The summed E-state index contributed by atoms with van der Waals surface area (Å²) < 4.78 is 0. The lowest BCUT2D eigenvalue weighted by atomic mass is 10.3. The lowest BCUT2D eigenvalue weighted by molar-refractivity contribution is -0.104. The molecule has 0 aliphatic rings. The van der Waals surface area contributed by atoms with Gasteiger partial charge in [0.25, 0.3) is 0 Å². The van der Waals surface area contributed by atoms with Crippen LogP contribution in [0.25, 0.3) is 0 Å². The number of carbonyl (C=O) groups is 1. The molecular formula is C5H7BrO. The number of alkyl halides is 1. The molecule has 0 amide bonds. The Morgan fingerprint density at radius 1 is 1.86 bits per heavy atom. The van der Waals surface area contributed by atoms with Crippen LogP contribution in [0.3, 0.4) is 0 Å². The highest BCUT2D eigenvalue weighted by Crippen LogP contribution is 1.93. The molecule has 0 aliphatic carbocycles. The van der Waals surface area contributed by atoms with Gasteiger partial charge in [0.15, 0.2) is 0 Å². The zero-order valence-electron chi connectivity index (χ0n) is 4.15. The summed E-state index contributed by atoms with van der Waals surface area (Å²) in [5.74, 6) is 0. The second kappa shape index (κ2) is 4.06. The molecule has 40 valence electrons. The highest BCUT2D eigenvalue weighted by atomic mass is 79.9. The third-order valence-corrected chi connectivity index (χ3v) is 1.45. The number of halogens is 1. The first-order valence-corrected chi connectivity index (χ1v) is 3.10. The molecule has 0 bridgehead atoms. The van der Waals surface area contributed by atoms with E-state index in [-0.39, 0.29) is 0 Å². The molecule has 0 atom stereocenters. The van der Waals surface area contributed by atoms with E-state index in [1.807, 2.05) is 6.92 Å². The van der Waals surface area contributed by atoms with Crippen molar-refractivity contribution in [1.29, 1.82) is 0 Å². The molecule has 0 fully saturated rings. The van der Waals surface area contributed by atoms with Gasteiger partial charge in [-0.1, -0.05) is 21.5 Å². The average Bonchev–Trinajstić information content (AvgIpc) is 1.68. The fourth-order valence-electron chi connectivity index (χ4n) is 0.161. The largest absolute Gasteiger partial charge is 0.299 e. The van der Waals surface area contributed by atoms with E-state index < -0.39 is 0 Å². The van der Waals surface area contributed by atoms with Gasteiger partial charge in [0.2, 0.25) is 0 Å². The van der Waals surface area contributed by atoms with E-state index in [4.69, 9.17) is 0 Å². The topological polar surface area (TPSA) is 17.1 Å². The standard InChI is InChI=1S/C5H7BrO/c1-5(4-6)2-3-7/h2-3H,4H2,1H3/b5-2-. The van der Waals surface area contributed by atoms with Gasteiger partial charge in [0.05, 0.1) is 0 Å². The van der Waals surface area contributed by atoms with Crippen LogP contribution in [-0.4, -0.2) is 11.6 Å². The van der Waals surface area contributed by atoms with Gasteiger partial charge in [-0.2, -0.15) is 0 Å². The van der Waals surface area contributed by atoms with E-state index in [9.17, 15) is 4.79 Å². The monoisotopic (exact) mass is 162 g/mol. The Balaban J connectivity index is 3.49. The fourth-order valence-corrected chi connectivity index (χ4v) is 0.348. The first-order chi connectivity index (χ1) is 3.31. The van der Waals surface area contributed by atoms with E-state index in [0.717, 1.165) is 17.2 Å². The molecule has 0 saturated carbocycles. The quantitative estimate of drug-likeness (QED) is 0.342. The van der Waals surface area contributed by atoms with Crippen LogP contribution in [0.5, 0.6) is 0 Å². The van der Waals surface area contributed by atoms with Crippen LogP contribution in [0.15, 0.2) is 11.6 Å². The summed E-state index contributed by atoms with van der Waals surface area (Å²) >= 11 is 3.19. The second-order valence-electron chi connectivity index (χ2n) is 1.28. The molecular weight excluding hydrogens is 156 g/mol. The maximum absolute atomic E-state index is 9.68. The Labute approximate surface area is 51.5 Å². The third-order valence-electron chi connectivity index (χ3n) is 0.563. The van der Waals surface area contributed by atoms with Crippen molar-refractivity contribution in [2.24, 2.45) is 0 Å². The Hall–Kier alpha value is -0.110. The van der Waals surface area contributed by atoms with Crippen molar-refractivity contribution in [2.75, 3.05) is 5.33 Å². The van der Waals surface area contributed by atoms with Crippen molar-refractivity contribution in [3.05, 3.63) is 11.6 Å².